The maximum absolute atomic E-state index is 13.0. The molecule has 0 amide bonds. The third-order valence-electron chi connectivity index (χ3n) is 2.11. The van der Waals surface area contributed by atoms with E-state index >= 15 is 0 Å². The van der Waals surface area contributed by atoms with Crippen molar-refractivity contribution in [3.05, 3.63) is 30.1 Å². The molecule has 0 aliphatic heterocycles. The summed E-state index contributed by atoms with van der Waals surface area (Å²) in [4.78, 5) is 0. The first kappa shape index (κ1) is 11.0. The highest BCUT2D eigenvalue weighted by molar-refractivity contribution is 5.23. The second-order valence-corrected chi connectivity index (χ2v) is 3.41. The summed E-state index contributed by atoms with van der Waals surface area (Å²) in [5.41, 5.74) is 5.45. The van der Waals surface area contributed by atoms with E-state index in [1.165, 1.54) is 6.07 Å². The van der Waals surface area contributed by atoms with Crippen molar-refractivity contribution >= 4 is 0 Å². The number of ether oxygens (including phenoxy) is 1. The van der Waals surface area contributed by atoms with Crippen molar-refractivity contribution in [1.82, 2.24) is 0 Å². The van der Waals surface area contributed by atoms with E-state index in [4.69, 9.17) is 10.5 Å². The molecule has 0 spiro atoms. The summed E-state index contributed by atoms with van der Waals surface area (Å²) in [6, 6.07) is 6.42. The highest BCUT2D eigenvalue weighted by atomic mass is 19.1. The van der Waals surface area contributed by atoms with Gasteiger partial charge in [-0.15, -0.1) is 0 Å². The van der Waals surface area contributed by atoms with Gasteiger partial charge in [0.1, 0.15) is 0 Å². The van der Waals surface area contributed by atoms with Crippen LogP contribution < -0.4 is 10.5 Å². The molecule has 2 nitrogen and oxygen atoms in total. The van der Waals surface area contributed by atoms with Crippen molar-refractivity contribution < 1.29 is 9.13 Å². The van der Waals surface area contributed by atoms with Gasteiger partial charge in [-0.25, -0.2) is 4.39 Å². The minimum Gasteiger partial charge on any atom is -0.491 e. The van der Waals surface area contributed by atoms with Crippen molar-refractivity contribution in [1.29, 1.82) is 0 Å². The van der Waals surface area contributed by atoms with E-state index in [9.17, 15) is 4.39 Å². The van der Waals surface area contributed by atoms with Crippen LogP contribution in [-0.2, 0) is 0 Å². The summed E-state index contributed by atoms with van der Waals surface area (Å²) in [6.45, 7) is 3.20. The van der Waals surface area contributed by atoms with Gasteiger partial charge in [-0.3, -0.25) is 0 Å². The Balaban J connectivity index is 2.35. The van der Waals surface area contributed by atoms with Crippen LogP contribution in [0.2, 0.25) is 0 Å². The fourth-order valence-corrected chi connectivity index (χ4v) is 1.05. The highest BCUT2D eigenvalue weighted by Crippen LogP contribution is 2.15. The van der Waals surface area contributed by atoms with Crippen molar-refractivity contribution in [2.24, 2.45) is 11.7 Å². The van der Waals surface area contributed by atoms with Crippen LogP contribution in [0, 0.1) is 11.7 Å². The average Bonchev–Trinajstić information content (AvgIpc) is 2.20. The maximum Gasteiger partial charge on any atom is 0.165 e. The lowest BCUT2D eigenvalue weighted by Gasteiger charge is -2.10. The van der Waals surface area contributed by atoms with Gasteiger partial charge in [-0.05, 0) is 31.0 Å². The summed E-state index contributed by atoms with van der Waals surface area (Å²) in [5.74, 6) is 0.423. The SMILES string of the molecule is CC(CN)CCOc1ccccc1F. The number of halogens is 1. The van der Waals surface area contributed by atoms with Crippen molar-refractivity contribution in [3.63, 3.8) is 0 Å². The molecule has 1 rings (SSSR count). The van der Waals surface area contributed by atoms with Crippen LogP contribution >= 0.6 is 0 Å². The van der Waals surface area contributed by atoms with Crippen LogP contribution in [0.15, 0.2) is 24.3 Å². The van der Waals surface area contributed by atoms with Crippen LogP contribution in [0.4, 0.5) is 4.39 Å². The quantitative estimate of drug-likeness (QED) is 0.785. The van der Waals surface area contributed by atoms with Gasteiger partial charge < -0.3 is 10.5 Å². The predicted octanol–water partition coefficient (Wildman–Crippen LogP) is 2.19. The van der Waals surface area contributed by atoms with Gasteiger partial charge >= 0.3 is 0 Å². The third kappa shape index (κ3) is 3.34. The van der Waals surface area contributed by atoms with E-state index < -0.39 is 0 Å². The number of para-hydroxylation sites is 1. The van der Waals surface area contributed by atoms with Crippen molar-refractivity contribution in [2.75, 3.05) is 13.2 Å². The van der Waals surface area contributed by atoms with Crippen molar-refractivity contribution in [3.8, 4) is 5.75 Å². The van der Waals surface area contributed by atoms with E-state index in [0.29, 0.717) is 24.8 Å². The summed E-state index contributed by atoms with van der Waals surface area (Å²) < 4.78 is 18.3. The van der Waals surface area contributed by atoms with E-state index in [-0.39, 0.29) is 5.82 Å². The van der Waals surface area contributed by atoms with Gasteiger partial charge in [0.05, 0.1) is 6.61 Å². The molecule has 1 aromatic rings. The molecule has 0 fully saturated rings. The summed E-state index contributed by atoms with van der Waals surface area (Å²) in [5, 5.41) is 0. The monoisotopic (exact) mass is 197 g/mol. The Labute approximate surface area is 83.9 Å². The van der Waals surface area contributed by atoms with Gasteiger partial charge in [-0.1, -0.05) is 19.1 Å². The number of nitrogens with two attached hydrogens (primary N) is 1. The fourth-order valence-electron chi connectivity index (χ4n) is 1.05. The zero-order valence-electron chi connectivity index (χ0n) is 8.37. The topological polar surface area (TPSA) is 35.2 Å². The molecule has 2 N–H and O–H groups in total. The normalized spacial score (nSPS) is 12.5. The molecule has 0 radical (unpaired) electrons. The Kier molecular flexibility index (Phi) is 4.40. The fraction of sp³-hybridized carbons (Fsp3) is 0.455. The van der Waals surface area contributed by atoms with Gasteiger partial charge in [0, 0.05) is 0 Å². The molecular formula is C11H16FNO. The van der Waals surface area contributed by atoms with Gasteiger partial charge in [0.15, 0.2) is 11.6 Å². The number of hydrogen-bond donors (Lipinski definition) is 1. The van der Waals surface area contributed by atoms with Gasteiger partial charge in [-0.2, -0.15) is 0 Å². The molecule has 14 heavy (non-hydrogen) atoms. The molecule has 0 aromatic heterocycles. The zero-order valence-corrected chi connectivity index (χ0v) is 8.37. The first-order valence-electron chi connectivity index (χ1n) is 4.81. The molecule has 3 heteroatoms. The van der Waals surface area contributed by atoms with Crippen LogP contribution in [0.1, 0.15) is 13.3 Å². The Morgan fingerprint density at radius 1 is 1.43 bits per heavy atom. The summed E-state index contributed by atoms with van der Waals surface area (Å²) in [7, 11) is 0. The van der Waals surface area contributed by atoms with E-state index in [1.54, 1.807) is 18.2 Å². The Bertz CT molecular complexity index is 278. The molecule has 0 aliphatic carbocycles. The molecule has 1 unspecified atom stereocenters. The van der Waals surface area contributed by atoms with E-state index in [1.807, 2.05) is 6.92 Å². The Hall–Kier alpha value is -1.09. The minimum atomic E-state index is -0.312. The lowest BCUT2D eigenvalue weighted by atomic mass is 10.1. The molecule has 0 saturated heterocycles. The Morgan fingerprint density at radius 2 is 2.14 bits per heavy atom. The predicted molar refractivity (Wildman–Crippen MR) is 54.7 cm³/mol. The van der Waals surface area contributed by atoms with Gasteiger partial charge in [0.25, 0.3) is 0 Å². The minimum absolute atomic E-state index is 0.312. The lowest BCUT2D eigenvalue weighted by molar-refractivity contribution is 0.273. The number of hydrogen-bond acceptors (Lipinski definition) is 2. The maximum atomic E-state index is 13.0. The molecule has 0 aliphatic rings. The highest BCUT2D eigenvalue weighted by Gasteiger charge is 2.02. The van der Waals surface area contributed by atoms with Crippen LogP contribution in [0.5, 0.6) is 5.75 Å². The van der Waals surface area contributed by atoms with E-state index in [2.05, 4.69) is 0 Å². The Morgan fingerprint density at radius 3 is 2.79 bits per heavy atom. The first-order chi connectivity index (χ1) is 6.74. The van der Waals surface area contributed by atoms with Crippen molar-refractivity contribution in [2.45, 2.75) is 13.3 Å². The molecule has 0 bridgehead atoms. The summed E-state index contributed by atoms with van der Waals surface area (Å²) in [6.07, 6.45) is 0.852. The zero-order chi connectivity index (χ0) is 10.4. The molecular weight excluding hydrogens is 181 g/mol. The summed E-state index contributed by atoms with van der Waals surface area (Å²) >= 11 is 0. The third-order valence-corrected chi connectivity index (χ3v) is 2.11. The first-order valence-corrected chi connectivity index (χ1v) is 4.81. The van der Waals surface area contributed by atoms with Gasteiger partial charge in [0.2, 0.25) is 0 Å². The van der Waals surface area contributed by atoms with Crippen LogP contribution in [0.3, 0.4) is 0 Å². The second-order valence-electron chi connectivity index (χ2n) is 3.41. The largest absolute Gasteiger partial charge is 0.491 e. The van der Waals surface area contributed by atoms with Crippen LogP contribution in [-0.4, -0.2) is 13.2 Å². The average molecular weight is 197 g/mol. The smallest absolute Gasteiger partial charge is 0.165 e. The number of benzene rings is 1. The molecule has 1 atom stereocenters. The standard InChI is InChI=1S/C11H16FNO/c1-9(8-13)6-7-14-11-5-3-2-4-10(11)12/h2-5,9H,6-8,13H2,1H3. The lowest BCUT2D eigenvalue weighted by Crippen LogP contribution is -2.14. The molecule has 0 saturated carbocycles. The number of rotatable bonds is 5. The second kappa shape index (κ2) is 5.60. The molecule has 0 heterocycles. The van der Waals surface area contributed by atoms with Crippen LogP contribution in [0.25, 0.3) is 0 Å². The molecule has 78 valence electrons. The van der Waals surface area contributed by atoms with E-state index in [0.717, 1.165) is 6.42 Å². The molecule has 1 aromatic carbocycles.